The van der Waals surface area contributed by atoms with Crippen LogP contribution in [0.5, 0.6) is 5.75 Å². The molecule has 1 aromatic rings. The van der Waals surface area contributed by atoms with Crippen molar-refractivity contribution in [2.24, 2.45) is 5.41 Å². The molecule has 0 saturated carbocycles. The Bertz CT molecular complexity index is 525. The van der Waals surface area contributed by atoms with E-state index in [1.54, 1.807) is 0 Å². The van der Waals surface area contributed by atoms with Crippen LogP contribution in [0.25, 0.3) is 0 Å². The molecule has 2 atom stereocenters. The van der Waals surface area contributed by atoms with E-state index < -0.39 is 11.5 Å². The molecular weight excluding hydrogens is 376 g/mol. The predicted molar refractivity (Wildman–Crippen MR) is 115 cm³/mol. The molecule has 2 N–H and O–H groups in total. The summed E-state index contributed by atoms with van der Waals surface area (Å²) in [5, 5.41) is 18.5. The molecule has 0 aliphatic carbocycles. The second kappa shape index (κ2) is 14.7. The average Bonchev–Trinajstić information content (AvgIpc) is 2.71. The van der Waals surface area contributed by atoms with E-state index in [0.717, 1.165) is 25.0 Å². The smallest absolute Gasteiger partial charge is 0.312 e. The zero-order valence-electron chi connectivity index (χ0n) is 17.3. The molecule has 1 aromatic carbocycles. The van der Waals surface area contributed by atoms with E-state index >= 15 is 0 Å². The van der Waals surface area contributed by atoms with Crippen LogP contribution in [0.2, 0.25) is 0 Å². The molecule has 1 rings (SSSR count). The normalized spacial score (nSPS) is 14.3. The lowest BCUT2D eigenvalue weighted by Gasteiger charge is -2.27. The van der Waals surface area contributed by atoms with Crippen molar-refractivity contribution in [2.45, 2.75) is 58.5 Å². The van der Waals surface area contributed by atoms with Crippen LogP contribution >= 0.6 is 11.8 Å². The molecule has 0 aliphatic rings. The second-order valence-corrected chi connectivity index (χ2v) is 8.40. The minimum absolute atomic E-state index is 0.211. The van der Waals surface area contributed by atoms with Gasteiger partial charge in [0.1, 0.15) is 19.0 Å². The number of ether oxygens (including phenoxy) is 2. The molecule has 5 nitrogen and oxygen atoms in total. The number of hydrogen-bond acceptors (Lipinski definition) is 6. The maximum atomic E-state index is 12.7. The number of aliphatic hydroxyl groups is 2. The van der Waals surface area contributed by atoms with Gasteiger partial charge < -0.3 is 19.7 Å². The van der Waals surface area contributed by atoms with Gasteiger partial charge in [0, 0.05) is 11.5 Å². The number of thioether (sulfide) groups is 1. The van der Waals surface area contributed by atoms with E-state index in [1.807, 2.05) is 37.3 Å². The van der Waals surface area contributed by atoms with Gasteiger partial charge in [-0.3, -0.25) is 4.79 Å². The SMILES string of the molecule is CCCCCCCC(C)(CSCC(O)CO)C(=O)OCCOc1ccccc1. The number of carbonyl (C=O) groups is 1. The number of benzene rings is 1. The van der Waals surface area contributed by atoms with Crippen molar-refractivity contribution in [3.8, 4) is 5.75 Å². The first-order valence-corrected chi connectivity index (χ1v) is 11.4. The Hall–Kier alpha value is -1.24. The standard InChI is InChI=1S/C22H36O5S/c1-3-4-5-6-10-13-22(2,18-28-17-19(24)16-23)21(25)27-15-14-26-20-11-8-7-9-12-20/h7-9,11-12,19,23-24H,3-6,10,13-18H2,1-2H3. The first kappa shape index (κ1) is 24.8. The Labute approximate surface area is 173 Å². The summed E-state index contributed by atoms with van der Waals surface area (Å²) in [5.74, 6) is 1.51. The number of carbonyl (C=O) groups excluding carboxylic acids is 1. The highest BCUT2D eigenvalue weighted by Crippen LogP contribution is 2.31. The van der Waals surface area contributed by atoms with Crippen molar-refractivity contribution in [3.63, 3.8) is 0 Å². The van der Waals surface area contributed by atoms with Crippen LogP contribution < -0.4 is 4.74 Å². The highest BCUT2D eigenvalue weighted by atomic mass is 32.2. The van der Waals surface area contributed by atoms with E-state index in [0.29, 0.717) is 18.1 Å². The number of esters is 1. The number of para-hydroxylation sites is 1. The summed E-state index contributed by atoms with van der Waals surface area (Å²) < 4.78 is 11.1. The van der Waals surface area contributed by atoms with Gasteiger partial charge in [-0.25, -0.2) is 0 Å². The first-order chi connectivity index (χ1) is 13.5. The van der Waals surface area contributed by atoms with Gasteiger partial charge in [-0.15, -0.1) is 0 Å². The van der Waals surface area contributed by atoms with Crippen LogP contribution in [0.3, 0.4) is 0 Å². The Morgan fingerprint density at radius 3 is 2.54 bits per heavy atom. The first-order valence-electron chi connectivity index (χ1n) is 10.2. The van der Waals surface area contributed by atoms with Crippen LogP contribution in [0, 0.1) is 5.41 Å². The minimum atomic E-state index is -0.755. The zero-order valence-corrected chi connectivity index (χ0v) is 18.1. The molecule has 0 saturated heterocycles. The summed E-state index contributed by atoms with van der Waals surface area (Å²) in [5.41, 5.74) is -0.598. The second-order valence-electron chi connectivity index (χ2n) is 7.37. The third-order valence-electron chi connectivity index (χ3n) is 4.59. The van der Waals surface area contributed by atoms with Crippen LogP contribution in [0.4, 0.5) is 0 Å². The molecule has 0 radical (unpaired) electrons. The summed E-state index contributed by atoms with van der Waals surface area (Å²) >= 11 is 1.48. The van der Waals surface area contributed by atoms with Gasteiger partial charge in [0.25, 0.3) is 0 Å². The highest BCUT2D eigenvalue weighted by molar-refractivity contribution is 7.99. The number of unbranched alkanes of at least 4 members (excludes halogenated alkanes) is 4. The van der Waals surface area contributed by atoms with Gasteiger partial charge >= 0.3 is 5.97 Å². The molecule has 0 aromatic heterocycles. The summed E-state index contributed by atoms with van der Waals surface area (Å²) in [7, 11) is 0. The van der Waals surface area contributed by atoms with E-state index in [9.17, 15) is 9.90 Å². The van der Waals surface area contributed by atoms with Crippen molar-refractivity contribution in [1.29, 1.82) is 0 Å². The molecule has 0 heterocycles. The van der Waals surface area contributed by atoms with Crippen molar-refractivity contribution < 1.29 is 24.5 Å². The maximum Gasteiger partial charge on any atom is 0.312 e. The minimum Gasteiger partial charge on any atom is -0.490 e. The van der Waals surface area contributed by atoms with E-state index in [2.05, 4.69) is 6.92 Å². The van der Waals surface area contributed by atoms with Gasteiger partial charge in [-0.2, -0.15) is 11.8 Å². The topological polar surface area (TPSA) is 76.0 Å². The third kappa shape index (κ3) is 10.3. The molecule has 0 amide bonds. The van der Waals surface area contributed by atoms with Crippen LogP contribution in [-0.2, 0) is 9.53 Å². The Balaban J connectivity index is 2.46. The molecule has 0 aliphatic heterocycles. The lowest BCUT2D eigenvalue weighted by Crippen LogP contribution is -2.34. The van der Waals surface area contributed by atoms with Crippen LogP contribution in [-0.4, -0.2) is 53.6 Å². The third-order valence-corrected chi connectivity index (χ3v) is 6.06. The highest BCUT2D eigenvalue weighted by Gasteiger charge is 2.34. The van der Waals surface area contributed by atoms with Crippen molar-refractivity contribution >= 4 is 17.7 Å². The van der Waals surface area contributed by atoms with Gasteiger partial charge in [-0.1, -0.05) is 57.2 Å². The molecule has 0 bridgehead atoms. The molecular formula is C22H36O5S. The Kier molecular flexibility index (Phi) is 13.0. The van der Waals surface area contributed by atoms with E-state index in [1.165, 1.54) is 31.0 Å². The molecule has 160 valence electrons. The number of aliphatic hydroxyl groups excluding tert-OH is 2. The van der Waals surface area contributed by atoms with E-state index in [4.69, 9.17) is 14.6 Å². The molecule has 28 heavy (non-hydrogen) atoms. The molecule has 0 spiro atoms. The number of rotatable bonds is 16. The van der Waals surface area contributed by atoms with Gasteiger partial charge in [0.2, 0.25) is 0 Å². The lowest BCUT2D eigenvalue weighted by molar-refractivity contribution is -0.154. The van der Waals surface area contributed by atoms with Gasteiger partial charge in [0.05, 0.1) is 18.1 Å². The van der Waals surface area contributed by atoms with Crippen LogP contribution in [0.1, 0.15) is 52.4 Å². The average molecular weight is 413 g/mol. The summed E-state index contributed by atoms with van der Waals surface area (Å²) in [4.78, 5) is 12.7. The Morgan fingerprint density at radius 2 is 1.86 bits per heavy atom. The van der Waals surface area contributed by atoms with Crippen molar-refractivity contribution in [3.05, 3.63) is 30.3 Å². The van der Waals surface area contributed by atoms with Gasteiger partial charge in [0.15, 0.2) is 0 Å². The predicted octanol–water partition coefficient (Wildman–Crippen LogP) is 4.06. The summed E-state index contributed by atoms with van der Waals surface area (Å²) in [6, 6.07) is 9.45. The molecule has 6 heteroatoms. The quantitative estimate of drug-likeness (QED) is 0.315. The van der Waals surface area contributed by atoms with Gasteiger partial charge in [-0.05, 0) is 25.5 Å². The fraction of sp³-hybridized carbons (Fsp3) is 0.682. The van der Waals surface area contributed by atoms with Crippen molar-refractivity contribution in [2.75, 3.05) is 31.3 Å². The summed E-state index contributed by atoms with van der Waals surface area (Å²) in [6.07, 6.45) is 5.69. The molecule has 2 unspecified atom stereocenters. The maximum absolute atomic E-state index is 12.7. The fourth-order valence-electron chi connectivity index (χ4n) is 2.81. The van der Waals surface area contributed by atoms with Crippen LogP contribution in [0.15, 0.2) is 30.3 Å². The number of hydrogen-bond donors (Lipinski definition) is 2. The zero-order chi connectivity index (χ0) is 20.7. The van der Waals surface area contributed by atoms with E-state index in [-0.39, 0.29) is 19.2 Å². The monoisotopic (exact) mass is 412 g/mol. The fourth-order valence-corrected chi connectivity index (χ4v) is 4.02. The Morgan fingerprint density at radius 1 is 1.14 bits per heavy atom. The largest absolute Gasteiger partial charge is 0.490 e. The lowest BCUT2D eigenvalue weighted by atomic mass is 9.86. The summed E-state index contributed by atoms with van der Waals surface area (Å²) in [6.45, 7) is 4.39. The van der Waals surface area contributed by atoms with Crippen molar-refractivity contribution in [1.82, 2.24) is 0 Å². The molecule has 0 fully saturated rings.